The first-order valence-electron chi connectivity index (χ1n) is 4.85. The Balaban J connectivity index is 2.83. The number of rotatable bonds is 5. The third-order valence-corrected chi connectivity index (χ3v) is 2.39. The Kier molecular flexibility index (Phi) is 5.43. The molecule has 0 bridgehead atoms. The minimum Gasteiger partial charge on any atom is -0.395 e. The standard InChI is InChI=1S/C10H11BrF2N2O2/c11-8-3-1-2-7(14-8)10(17)15(4-5-16)6-9(12)13/h1-3,9,16H,4-6H2. The Morgan fingerprint density at radius 2 is 2.24 bits per heavy atom. The summed E-state index contributed by atoms with van der Waals surface area (Å²) in [4.78, 5) is 16.6. The second-order valence-electron chi connectivity index (χ2n) is 3.21. The summed E-state index contributed by atoms with van der Waals surface area (Å²) in [5.74, 6) is -0.624. The van der Waals surface area contributed by atoms with Crippen LogP contribution in [0.4, 0.5) is 8.78 Å². The summed E-state index contributed by atoms with van der Waals surface area (Å²) in [5, 5.41) is 8.73. The van der Waals surface area contributed by atoms with Crippen LogP contribution in [0.15, 0.2) is 22.8 Å². The molecular weight excluding hydrogens is 298 g/mol. The van der Waals surface area contributed by atoms with Crippen LogP contribution < -0.4 is 0 Å². The first-order chi connectivity index (χ1) is 8.04. The normalized spacial score (nSPS) is 10.6. The van der Waals surface area contributed by atoms with Gasteiger partial charge in [-0.05, 0) is 28.1 Å². The fraction of sp³-hybridized carbons (Fsp3) is 0.400. The minimum absolute atomic E-state index is 0.0634. The van der Waals surface area contributed by atoms with Crippen molar-refractivity contribution in [1.82, 2.24) is 9.88 Å². The van der Waals surface area contributed by atoms with Crippen LogP contribution in [0, 0.1) is 0 Å². The second kappa shape index (κ2) is 6.61. The zero-order valence-corrected chi connectivity index (χ0v) is 10.4. The fourth-order valence-corrected chi connectivity index (χ4v) is 1.60. The maximum atomic E-state index is 12.3. The molecule has 1 amide bonds. The van der Waals surface area contributed by atoms with Crippen LogP contribution in [-0.4, -0.2) is 47.0 Å². The van der Waals surface area contributed by atoms with Crippen molar-refractivity contribution in [3.05, 3.63) is 28.5 Å². The molecule has 0 aliphatic heterocycles. The van der Waals surface area contributed by atoms with Gasteiger partial charge in [0.05, 0.1) is 13.2 Å². The molecule has 94 valence electrons. The lowest BCUT2D eigenvalue weighted by Gasteiger charge is -2.20. The summed E-state index contributed by atoms with van der Waals surface area (Å²) < 4.78 is 25.0. The molecular formula is C10H11BrF2N2O2. The number of hydrogen-bond donors (Lipinski definition) is 1. The van der Waals surface area contributed by atoms with E-state index in [-0.39, 0.29) is 18.8 Å². The molecule has 1 aromatic rings. The van der Waals surface area contributed by atoms with E-state index < -0.39 is 18.9 Å². The van der Waals surface area contributed by atoms with Gasteiger partial charge in [0.15, 0.2) is 0 Å². The molecule has 0 radical (unpaired) electrons. The van der Waals surface area contributed by atoms with Gasteiger partial charge in [-0.25, -0.2) is 13.8 Å². The van der Waals surface area contributed by atoms with Crippen LogP contribution in [-0.2, 0) is 0 Å². The van der Waals surface area contributed by atoms with Crippen LogP contribution in [0.5, 0.6) is 0 Å². The van der Waals surface area contributed by atoms with Gasteiger partial charge in [-0.2, -0.15) is 0 Å². The molecule has 0 fully saturated rings. The average molecular weight is 309 g/mol. The molecule has 0 spiro atoms. The molecule has 1 heterocycles. The summed E-state index contributed by atoms with van der Waals surface area (Å²) in [6, 6.07) is 4.65. The summed E-state index contributed by atoms with van der Waals surface area (Å²) in [7, 11) is 0. The number of aliphatic hydroxyl groups excluding tert-OH is 1. The Morgan fingerprint density at radius 1 is 1.53 bits per heavy atom. The molecule has 0 saturated heterocycles. The number of amides is 1. The predicted octanol–water partition coefficient (Wildman–Crippen LogP) is 1.54. The highest BCUT2D eigenvalue weighted by molar-refractivity contribution is 9.10. The molecule has 1 aromatic heterocycles. The van der Waals surface area contributed by atoms with Crippen LogP contribution in [0.25, 0.3) is 0 Å². The molecule has 0 aliphatic rings. The van der Waals surface area contributed by atoms with Crippen molar-refractivity contribution in [2.45, 2.75) is 6.43 Å². The molecule has 7 heteroatoms. The summed E-state index contributed by atoms with van der Waals surface area (Å²) in [6.07, 6.45) is -2.64. The molecule has 0 unspecified atom stereocenters. The van der Waals surface area contributed by atoms with Gasteiger partial charge in [-0.15, -0.1) is 0 Å². The molecule has 0 saturated carbocycles. The zero-order valence-electron chi connectivity index (χ0n) is 8.81. The Morgan fingerprint density at radius 3 is 2.76 bits per heavy atom. The van der Waals surface area contributed by atoms with E-state index in [4.69, 9.17) is 5.11 Å². The van der Waals surface area contributed by atoms with E-state index in [9.17, 15) is 13.6 Å². The Hall–Kier alpha value is -1.08. The van der Waals surface area contributed by atoms with E-state index >= 15 is 0 Å². The van der Waals surface area contributed by atoms with Crippen LogP contribution in [0.1, 0.15) is 10.5 Å². The first-order valence-corrected chi connectivity index (χ1v) is 5.64. The molecule has 0 aromatic carbocycles. The maximum Gasteiger partial charge on any atom is 0.272 e. The van der Waals surface area contributed by atoms with Gasteiger partial charge in [0.25, 0.3) is 12.3 Å². The minimum atomic E-state index is -2.64. The van der Waals surface area contributed by atoms with Crippen molar-refractivity contribution in [1.29, 1.82) is 0 Å². The highest BCUT2D eigenvalue weighted by atomic mass is 79.9. The number of alkyl halides is 2. The monoisotopic (exact) mass is 308 g/mol. The van der Waals surface area contributed by atoms with Crippen LogP contribution in [0.2, 0.25) is 0 Å². The fourth-order valence-electron chi connectivity index (χ4n) is 1.25. The number of halogens is 3. The number of aliphatic hydroxyl groups is 1. The lowest BCUT2D eigenvalue weighted by molar-refractivity contribution is 0.0504. The average Bonchev–Trinajstić information content (AvgIpc) is 2.27. The molecule has 17 heavy (non-hydrogen) atoms. The zero-order chi connectivity index (χ0) is 12.8. The SMILES string of the molecule is O=C(c1cccc(Br)n1)N(CCO)CC(F)F. The third-order valence-electron chi connectivity index (χ3n) is 1.95. The second-order valence-corrected chi connectivity index (χ2v) is 4.02. The lowest BCUT2D eigenvalue weighted by atomic mass is 10.3. The Labute approximate surface area is 105 Å². The largest absolute Gasteiger partial charge is 0.395 e. The summed E-state index contributed by atoms with van der Waals surface area (Å²) >= 11 is 3.09. The van der Waals surface area contributed by atoms with E-state index in [1.54, 1.807) is 12.1 Å². The van der Waals surface area contributed by atoms with Gasteiger partial charge >= 0.3 is 0 Å². The predicted molar refractivity (Wildman–Crippen MR) is 60.9 cm³/mol. The summed E-state index contributed by atoms with van der Waals surface area (Å²) in [6.45, 7) is -1.22. The van der Waals surface area contributed by atoms with Gasteiger partial charge in [0, 0.05) is 6.54 Å². The van der Waals surface area contributed by atoms with E-state index in [0.29, 0.717) is 4.60 Å². The highest BCUT2D eigenvalue weighted by Crippen LogP contribution is 2.09. The van der Waals surface area contributed by atoms with Gasteiger partial charge in [0.2, 0.25) is 0 Å². The van der Waals surface area contributed by atoms with Crippen molar-refractivity contribution in [3.8, 4) is 0 Å². The lowest BCUT2D eigenvalue weighted by Crippen LogP contribution is -2.37. The topological polar surface area (TPSA) is 53.4 Å². The van der Waals surface area contributed by atoms with E-state index in [2.05, 4.69) is 20.9 Å². The van der Waals surface area contributed by atoms with Crippen molar-refractivity contribution in [2.75, 3.05) is 19.7 Å². The van der Waals surface area contributed by atoms with Crippen molar-refractivity contribution >= 4 is 21.8 Å². The van der Waals surface area contributed by atoms with Crippen molar-refractivity contribution < 1.29 is 18.7 Å². The van der Waals surface area contributed by atoms with Crippen LogP contribution >= 0.6 is 15.9 Å². The smallest absolute Gasteiger partial charge is 0.272 e. The first kappa shape index (κ1) is 14.0. The Bertz CT molecular complexity index is 390. The number of pyridine rings is 1. The number of carbonyl (C=O) groups excluding carboxylic acids is 1. The van der Waals surface area contributed by atoms with Gasteiger partial charge in [0.1, 0.15) is 10.3 Å². The van der Waals surface area contributed by atoms with Gasteiger partial charge in [-0.3, -0.25) is 4.79 Å². The molecule has 0 atom stereocenters. The maximum absolute atomic E-state index is 12.3. The third kappa shape index (κ3) is 4.35. The quantitative estimate of drug-likeness (QED) is 0.840. The number of carbonyl (C=O) groups is 1. The van der Waals surface area contributed by atoms with Crippen molar-refractivity contribution in [3.63, 3.8) is 0 Å². The molecule has 4 nitrogen and oxygen atoms in total. The molecule has 1 N–H and O–H groups in total. The van der Waals surface area contributed by atoms with E-state index in [0.717, 1.165) is 4.90 Å². The molecule has 0 aliphatic carbocycles. The number of nitrogens with zero attached hydrogens (tertiary/aromatic N) is 2. The number of aromatic nitrogens is 1. The van der Waals surface area contributed by atoms with Crippen molar-refractivity contribution in [2.24, 2.45) is 0 Å². The highest BCUT2D eigenvalue weighted by Gasteiger charge is 2.20. The summed E-state index contributed by atoms with van der Waals surface area (Å²) in [5.41, 5.74) is 0.0634. The van der Waals surface area contributed by atoms with Gasteiger partial charge < -0.3 is 10.0 Å². The van der Waals surface area contributed by atoms with E-state index in [1.807, 2.05) is 0 Å². The van der Waals surface area contributed by atoms with E-state index in [1.165, 1.54) is 6.07 Å². The van der Waals surface area contributed by atoms with Crippen LogP contribution in [0.3, 0.4) is 0 Å². The molecule has 1 rings (SSSR count). The van der Waals surface area contributed by atoms with Gasteiger partial charge in [-0.1, -0.05) is 6.07 Å². The number of hydrogen-bond acceptors (Lipinski definition) is 3.